The van der Waals surface area contributed by atoms with Gasteiger partial charge in [-0.2, -0.15) is 0 Å². The summed E-state index contributed by atoms with van der Waals surface area (Å²) in [5.74, 6) is -0.468. The van der Waals surface area contributed by atoms with Crippen LogP contribution < -0.4 is 0 Å². The number of rotatable bonds is 3. The molecule has 0 aromatic rings. The van der Waals surface area contributed by atoms with E-state index < -0.39 is 0 Å². The van der Waals surface area contributed by atoms with E-state index in [4.69, 9.17) is 0 Å². The van der Waals surface area contributed by atoms with Crippen LogP contribution in [-0.4, -0.2) is 47.2 Å². The Morgan fingerprint density at radius 1 is 1.00 bits per heavy atom. The quantitative estimate of drug-likeness (QED) is 0.582. The highest BCUT2D eigenvalue weighted by molar-refractivity contribution is 6.05. The Balaban J connectivity index is 1.56. The van der Waals surface area contributed by atoms with E-state index >= 15 is 0 Å². The number of carbonyl (C=O) groups excluding carboxylic acids is 3. The molecule has 3 amide bonds. The number of fused-ring (bicyclic) bond motifs is 1. The van der Waals surface area contributed by atoms with Crippen molar-refractivity contribution in [3.8, 4) is 0 Å². The lowest BCUT2D eigenvalue weighted by molar-refractivity contribution is -0.141. The number of nitrogens with zero attached hydrogens (tertiary/aromatic N) is 2. The number of piperidine rings is 1. The van der Waals surface area contributed by atoms with E-state index in [1.807, 2.05) is 17.1 Å². The van der Waals surface area contributed by atoms with Crippen molar-refractivity contribution in [1.82, 2.24) is 9.80 Å². The van der Waals surface area contributed by atoms with Crippen LogP contribution in [0.1, 0.15) is 38.5 Å². The molecule has 0 aromatic heterocycles. The van der Waals surface area contributed by atoms with Gasteiger partial charge in [-0.05, 0) is 32.1 Å². The smallest absolute Gasteiger partial charge is 0.233 e. The van der Waals surface area contributed by atoms with Crippen molar-refractivity contribution in [2.75, 3.05) is 19.6 Å². The van der Waals surface area contributed by atoms with Crippen LogP contribution in [0.25, 0.3) is 0 Å². The summed E-state index contributed by atoms with van der Waals surface area (Å²) in [5, 5.41) is 0. The number of hydrogen-bond donors (Lipinski definition) is 0. The molecule has 3 rings (SSSR count). The van der Waals surface area contributed by atoms with Crippen LogP contribution in [-0.2, 0) is 14.4 Å². The third-order valence-corrected chi connectivity index (χ3v) is 4.86. The predicted molar refractivity (Wildman–Crippen MR) is 77.1 cm³/mol. The largest absolute Gasteiger partial charge is 0.343 e. The van der Waals surface area contributed by atoms with Gasteiger partial charge < -0.3 is 4.90 Å². The first-order valence-electron chi connectivity index (χ1n) is 7.96. The summed E-state index contributed by atoms with van der Waals surface area (Å²) in [5.41, 5.74) is 0. The molecule has 2 aliphatic heterocycles. The van der Waals surface area contributed by atoms with Crippen molar-refractivity contribution in [1.29, 1.82) is 0 Å². The van der Waals surface area contributed by atoms with Gasteiger partial charge in [0.1, 0.15) is 0 Å². The van der Waals surface area contributed by atoms with E-state index in [1.165, 1.54) is 11.3 Å². The summed E-state index contributed by atoms with van der Waals surface area (Å²) in [6.07, 6.45) is 8.85. The normalized spacial score (nSPS) is 29.0. The Kier molecular flexibility index (Phi) is 4.08. The summed E-state index contributed by atoms with van der Waals surface area (Å²) >= 11 is 0. The number of hydrogen-bond acceptors (Lipinski definition) is 3. The SMILES string of the molecule is O=C(CCN1C(=O)[C@H]2CC=CC[C@H]2C1=O)N1CCCCC1. The fourth-order valence-corrected chi connectivity index (χ4v) is 3.60. The molecule has 0 radical (unpaired) electrons. The Hall–Kier alpha value is -1.65. The van der Waals surface area contributed by atoms with Crippen molar-refractivity contribution in [2.45, 2.75) is 38.5 Å². The highest BCUT2D eigenvalue weighted by atomic mass is 16.2. The number of carbonyl (C=O) groups is 3. The highest BCUT2D eigenvalue weighted by Gasteiger charge is 2.46. The molecular weight excluding hydrogens is 268 g/mol. The molecule has 5 heteroatoms. The average Bonchev–Trinajstić information content (AvgIpc) is 2.78. The molecule has 0 N–H and O–H groups in total. The number of allylic oxidation sites excluding steroid dienone is 2. The van der Waals surface area contributed by atoms with Gasteiger partial charge in [-0.1, -0.05) is 12.2 Å². The Labute approximate surface area is 125 Å². The lowest BCUT2D eigenvalue weighted by Crippen LogP contribution is -2.39. The van der Waals surface area contributed by atoms with Crippen molar-refractivity contribution in [2.24, 2.45) is 11.8 Å². The Morgan fingerprint density at radius 3 is 2.14 bits per heavy atom. The number of amides is 3. The highest BCUT2D eigenvalue weighted by Crippen LogP contribution is 2.35. The van der Waals surface area contributed by atoms with E-state index in [-0.39, 0.29) is 42.5 Å². The van der Waals surface area contributed by atoms with Crippen molar-refractivity contribution in [3.63, 3.8) is 0 Å². The summed E-state index contributed by atoms with van der Waals surface area (Å²) in [7, 11) is 0. The maximum atomic E-state index is 12.3. The van der Waals surface area contributed by atoms with Gasteiger partial charge in [-0.15, -0.1) is 0 Å². The van der Waals surface area contributed by atoms with E-state index in [2.05, 4.69) is 0 Å². The molecule has 21 heavy (non-hydrogen) atoms. The van der Waals surface area contributed by atoms with Crippen LogP contribution >= 0.6 is 0 Å². The first-order chi connectivity index (χ1) is 10.2. The molecule has 0 unspecified atom stereocenters. The van der Waals surface area contributed by atoms with Crippen LogP contribution in [0.2, 0.25) is 0 Å². The van der Waals surface area contributed by atoms with Crippen molar-refractivity contribution in [3.05, 3.63) is 12.2 Å². The van der Waals surface area contributed by atoms with Gasteiger partial charge in [0.25, 0.3) is 0 Å². The van der Waals surface area contributed by atoms with Gasteiger partial charge in [0.15, 0.2) is 0 Å². The Bertz CT molecular complexity index is 454. The summed E-state index contributed by atoms with van der Waals surface area (Å²) in [6, 6.07) is 0. The molecular formula is C16H22N2O3. The molecule has 5 nitrogen and oxygen atoms in total. The average molecular weight is 290 g/mol. The first kappa shape index (κ1) is 14.3. The van der Waals surface area contributed by atoms with Gasteiger partial charge in [0, 0.05) is 26.1 Å². The minimum absolute atomic E-state index is 0.0725. The topological polar surface area (TPSA) is 57.7 Å². The molecule has 0 spiro atoms. The second kappa shape index (κ2) is 6.00. The molecule has 2 atom stereocenters. The van der Waals surface area contributed by atoms with Gasteiger partial charge in [-0.3, -0.25) is 19.3 Å². The fourth-order valence-electron chi connectivity index (χ4n) is 3.60. The fraction of sp³-hybridized carbons (Fsp3) is 0.688. The van der Waals surface area contributed by atoms with Crippen LogP contribution in [0.3, 0.4) is 0 Å². The zero-order valence-electron chi connectivity index (χ0n) is 12.3. The zero-order chi connectivity index (χ0) is 14.8. The molecule has 2 heterocycles. The molecule has 3 aliphatic rings. The Morgan fingerprint density at radius 2 is 1.57 bits per heavy atom. The third-order valence-electron chi connectivity index (χ3n) is 4.86. The molecule has 1 aliphatic carbocycles. The molecule has 2 saturated heterocycles. The van der Waals surface area contributed by atoms with Crippen LogP contribution in [0.4, 0.5) is 0 Å². The molecule has 0 bridgehead atoms. The van der Waals surface area contributed by atoms with Gasteiger partial charge >= 0.3 is 0 Å². The minimum atomic E-state index is -0.187. The van der Waals surface area contributed by atoms with Gasteiger partial charge in [0.05, 0.1) is 11.8 Å². The minimum Gasteiger partial charge on any atom is -0.343 e. The predicted octanol–water partition coefficient (Wildman–Crippen LogP) is 1.34. The number of likely N-dealkylation sites (tertiary alicyclic amines) is 2. The summed E-state index contributed by atoms with van der Waals surface area (Å²) < 4.78 is 0. The maximum absolute atomic E-state index is 12.3. The van der Waals surface area contributed by atoms with Gasteiger partial charge in [-0.25, -0.2) is 0 Å². The van der Waals surface area contributed by atoms with Crippen LogP contribution in [0, 0.1) is 11.8 Å². The lowest BCUT2D eigenvalue weighted by Gasteiger charge is -2.27. The second-order valence-corrected chi connectivity index (χ2v) is 6.18. The monoisotopic (exact) mass is 290 g/mol. The van der Waals surface area contributed by atoms with Crippen molar-refractivity contribution >= 4 is 17.7 Å². The first-order valence-corrected chi connectivity index (χ1v) is 7.96. The summed E-state index contributed by atoms with van der Waals surface area (Å²) in [6.45, 7) is 1.88. The third kappa shape index (κ3) is 2.74. The lowest BCUT2D eigenvalue weighted by atomic mass is 9.85. The molecule has 2 fully saturated rings. The van der Waals surface area contributed by atoms with E-state index in [1.54, 1.807) is 0 Å². The summed E-state index contributed by atoms with van der Waals surface area (Å²) in [4.78, 5) is 39.9. The van der Waals surface area contributed by atoms with Crippen LogP contribution in [0.15, 0.2) is 12.2 Å². The van der Waals surface area contributed by atoms with Gasteiger partial charge in [0.2, 0.25) is 17.7 Å². The van der Waals surface area contributed by atoms with E-state index in [0.29, 0.717) is 12.8 Å². The molecule has 0 saturated carbocycles. The number of imide groups is 1. The van der Waals surface area contributed by atoms with Crippen molar-refractivity contribution < 1.29 is 14.4 Å². The van der Waals surface area contributed by atoms with Crippen LogP contribution in [0.5, 0.6) is 0 Å². The molecule has 114 valence electrons. The van der Waals surface area contributed by atoms with E-state index in [9.17, 15) is 14.4 Å². The van der Waals surface area contributed by atoms with E-state index in [0.717, 1.165) is 25.9 Å². The standard InChI is InChI=1S/C16H22N2O3/c19-14(17-9-4-1-5-10-17)8-11-18-15(20)12-6-2-3-7-13(12)16(18)21/h2-3,12-13H,1,4-11H2/t12-,13+. The molecule has 0 aromatic carbocycles. The zero-order valence-corrected chi connectivity index (χ0v) is 12.3. The maximum Gasteiger partial charge on any atom is 0.233 e. The second-order valence-electron chi connectivity index (χ2n) is 6.18.